The molecule has 2 atom stereocenters. The fourth-order valence-corrected chi connectivity index (χ4v) is 5.16. The first-order chi connectivity index (χ1) is 9.95. The zero-order chi connectivity index (χ0) is 15.0. The second-order valence-corrected chi connectivity index (χ2v) is 7.35. The van der Waals surface area contributed by atoms with Crippen LogP contribution in [0.1, 0.15) is 48.2 Å². The molecule has 0 spiro atoms. The summed E-state index contributed by atoms with van der Waals surface area (Å²) >= 11 is 1.91. The van der Waals surface area contributed by atoms with Crippen LogP contribution in [0, 0.1) is 5.92 Å². The molecule has 3 heterocycles. The molecule has 2 fully saturated rings. The Morgan fingerprint density at radius 3 is 2.52 bits per heavy atom. The number of hydrogen-bond donors (Lipinski definition) is 0. The van der Waals surface area contributed by atoms with Gasteiger partial charge in [-0.25, -0.2) is 0 Å². The van der Waals surface area contributed by atoms with Gasteiger partial charge in [-0.05, 0) is 37.8 Å². The number of carbonyl (C=O) groups excluding carboxylic acids is 1. The highest BCUT2D eigenvalue weighted by Crippen LogP contribution is 2.45. The summed E-state index contributed by atoms with van der Waals surface area (Å²) in [5.74, 6) is -0.667. The third-order valence-corrected chi connectivity index (χ3v) is 5.87. The van der Waals surface area contributed by atoms with Crippen molar-refractivity contribution in [3.8, 4) is 0 Å². The number of Topliss-reactive ketones (excluding diaryl/α,β-unsaturated/α-hetero) is 1. The topological polar surface area (TPSA) is 30.0 Å². The Morgan fingerprint density at radius 1 is 1.24 bits per heavy atom. The molecule has 2 unspecified atom stereocenters. The van der Waals surface area contributed by atoms with E-state index >= 15 is 0 Å². The van der Waals surface area contributed by atoms with Gasteiger partial charge in [-0.2, -0.15) is 24.9 Å². The molecule has 6 heteroatoms. The van der Waals surface area contributed by atoms with Gasteiger partial charge in [0, 0.05) is 28.2 Å². The number of pyridine rings is 1. The molecule has 2 nitrogen and oxygen atoms in total. The molecule has 1 aromatic heterocycles. The number of halogens is 3. The Morgan fingerprint density at radius 2 is 1.90 bits per heavy atom. The van der Waals surface area contributed by atoms with E-state index in [1.54, 1.807) is 0 Å². The van der Waals surface area contributed by atoms with E-state index in [0.29, 0.717) is 23.3 Å². The minimum atomic E-state index is -4.58. The van der Waals surface area contributed by atoms with E-state index in [-0.39, 0.29) is 17.3 Å². The molecular weight excluding hydrogens is 299 g/mol. The van der Waals surface area contributed by atoms with Crippen LogP contribution in [0.25, 0.3) is 0 Å². The molecule has 1 aromatic rings. The average molecular weight is 315 g/mol. The van der Waals surface area contributed by atoms with Crippen LogP contribution >= 0.6 is 11.8 Å². The van der Waals surface area contributed by atoms with Crippen molar-refractivity contribution in [2.75, 3.05) is 0 Å². The molecule has 2 saturated heterocycles. The Hall–Kier alpha value is -1.04. The lowest BCUT2D eigenvalue weighted by Crippen LogP contribution is -2.33. The first-order valence-electron chi connectivity index (χ1n) is 7.17. The summed E-state index contributed by atoms with van der Waals surface area (Å²) in [6, 6.07) is 2.66. The molecule has 2 aliphatic heterocycles. The standard InChI is InChI=1S/C15H16F3NOS/c16-15(17,18)14-12(5-2-6-19-14)13(20)9-7-10-3-1-4-11(8-9)21-10/h2,5-6,9-11H,1,3-4,7-8H2. The lowest BCUT2D eigenvalue weighted by Gasteiger charge is -2.38. The molecule has 21 heavy (non-hydrogen) atoms. The van der Waals surface area contributed by atoms with Crippen molar-refractivity contribution in [3.05, 3.63) is 29.6 Å². The van der Waals surface area contributed by atoms with Crippen molar-refractivity contribution in [3.63, 3.8) is 0 Å². The maximum atomic E-state index is 13.0. The van der Waals surface area contributed by atoms with Crippen LogP contribution in [0.15, 0.2) is 18.3 Å². The molecule has 0 aliphatic carbocycles. The van der Waals surface area contributed by atoms with Crippen molar-refractivity contribution in [1.29, 1.82) is 0 Å². The summed E-state index contributed by atoms with van der Waals surface area (Å²) in [5, 5.41) is 0.856. The molecule has 3 rings (SSSR count). The number of hydrogen-bond acceptors (Lipinski definition) is 3. The van der Waals surface area contributed by atoms with Gasteiger partial charge >= 0.3 is 6.18 Å². The smallest absolute Gasteiger partial charge is 0.294 e. The van der Waals surface area contributed by atoms with Crippen LogP contribution in [0.3, 0.4) is 0 Å². The van der Waals surface area contributed by atoms with E-state index in [4.69, 9.17) is 0 Å². The molecule has 0 radical (unpaired) electrons. The Labute approximate surface area is 125 Å². The van der Waals surface area contributed by atoms with Crippen molar-refractivity contribution in [2.45, 2.75) is 48.8 Å². The zero-order valence-electron chi connectivity index (χ0n) is 11.4. The monoisotopic (exact) mass is 315 g/mol. The largest absolute Gasteiger partial charge is 0.434 e. The molecule has 2 aliphatic rings. The van der Waals surface area contributed by atoms with Gasteiger partial charge in [-0.15, -0.1) is 0 Å². The molecular formula is C15H16F3NOS. The molecule has 0 N–H and O–H groups in total. The number of nitrogens with zero attached hydrogens (tertiary/aromatic N) is 1. The summed E-state index contributed by atoms with van der Waals surface area (Å²) in [7, 11) is 0. The van der Waals surface area contributed by atoms with Crippen LogP contribution < -0.4 is 0 Å². The normalized spacial score (nSPS) is 29.2. The Kier molecular flexibility index (Phi) is 3.99. The third-order valence-electron chi connectivity index (χ3n) is 4.24. The highest BCUT2D eigenvalue weighted by molar-refractivity contribution is 8.00. The van der Waals surface area contributed by atoms with Crippen molar-refractivity contribution < 1.29 is 18.0 Å². The maximum absolute atomic E-state index is 13.0. The minimum Gasteiger partial charge on any atom is -0.294 e. The molecule has 0 saturated carbocycles. The van der Waals surface area contributed by atoms with Crippen LogP contribution in [-0.2, 0) is 6.18 Å². The minimum absolute atomic E-state index is 0.264. The molecule has 0 amide bonds. The van der Waals surface area contributed by atoms with Crippen LogP contribution in [0.4, 0.5) is 13.2 Å². The van der Waals surface area contributed by atoms with Gasteiger partial charge in [0.1, 0.15) is 0 Å². The van der Waals surface area contributed by atoms with Gasteiger partial charge in [-0.3, -0.25) is 9.78 Å². The SMILES string of the molecule is O=C(c1cccnc1C(F)(F)F)C1CC2CCCC(C1)S2. The summed E-state index contributed by atoms with van der Waals surface area (Å²) in [6.45, 7) is 0. The lowest BCUT2D eigenvalue weighted by atomic mass is 9.84. The number of alkyl halides is 3. The van der Waals surface area contributed by atoms with Crippen molar-refractivity contribution in [1.82, 2.24) is 4.98 Å². The quantitative estimate of drug-likeness (QED) is 0.760. The van der Waals surface area contributed by atoms with Gasteiger partial charge in [0.05, 0.1) is 0 Å². The average Bonchev–Trinajstić information content (AvgIpc) is 2.45. The first-order valence-corrected chi connectivity index (χ1v) is 8.11. The fourth-order valence-electron chi connectivity index (χ4n) is 3.32. The number of thioether (sulfide) groups is 1. The second-order valence-electron chi connectivity index (χ2n) is 5.74. The van der Waals surface area contributed by atoms with E-state index in [1.807, 2.05) is 11.8 Å². The van der Waals surface area contributed by atoms with E-state index in [1.165, 1.54) is 18.6 Å². The molecule has 2 bridgehead atoms. The van der Waals surface area contributed by atoms with Gasteiger partial charge in [0.2, 0.25) is 0 Å². The van der Waals surface area contributed by atoms with Crippen molar-refractivity contribution in [2.24, 2.45) is 5.92 Å². The highest BCUT2D eigenvalue weighted by atomic mass is 32.2. The van der Waals surface area contributed by atoms with E-state index in [9.17, 15) is 18.0 Å². The predicted molar refractivity (Wildman–Crippen MR) is 75.3 cm³/mol. The van der Waals surface area contributed by atoms with Crippen molar-refractivity contribution >= 4 is 17.5 Å². The first kappa shape index (κ1) is 14.9. The summed E-state index contributed by atoms with van der Waals surface area (Å²) in [5.41, 5.74) is -1.31. The molecule has 114 valence electrons. The number of ketones is 1. The molecule has 0 aromatic carbocycles. The highest BCUT2D eigenvalue weighted by Gasteiger charge is 2.41. The van der Waals surface area contributed by atoms with Gasteiger partial charge in [0.25, 0.3) is 0 Å². The number of carbonyl (C=O) groups is 1. The van der Waals surface area contributed by atoms with E-state index in [0.717, 1.165) is 19.0 Å². The summed E-state index contributed by atoms with van der Waals surface area (Å²) < 4.78 is 39.0. The number of fused-ring (bicyclic) bond motifs is 2. The van der Waals surface area contributed by atoms with Crippen LogP contribution in [-0.4, -0.2) is 21.3 Å². The predicted octanol–water partition coefficient (Wildman–Crippen LogP) is 4.35. The van der Waals surface area contributed by atoms with Crippen LogP contribution in [0.2, 0.25) is 0 Å². The van der Waals surface area contributed by atoms with E-state index in [2.05, 4.69) is 4.98 Å². The lowest BCUT2D eigenvalue weighted by molar-refractivity contribution is -0.141. The summed E-state index contributed by atoms with van der Waals surface area (Å²) in [4.78, 5) is 15.9. The Bertz CT molecular complexity index is 534. The van der Waals surface area contributed by atoms with Gasteiger partial charge in [-0.1, -0.05) is 6.42 Å². The Balaban J connectivity index is 1.86. The third kappa shape index (κ3) is 3.10. The second kappa shape index (κ2) is 5.63. The van der Waals surface area contributed by atoms with E-state index < -0.39 is 11.9 Å². The maximum Gasteiger partial charge on any atom is 0.434 e. The number of rotatable bonds is 2. The van der Waals surface area contributed by atoms with Gasteiger partial charge in [0.15, 0.2) is 11.5 Å². The fraction of sp³-hybridized carbons (Fsp3) is 0.600. The zero-order valence-corrected chi connectivity index (χ0v) is 12.2. The summed E-state index contributed by atoms with van der Waals surface area (Å²) in [6.07, 6.45) is 1.23. The number of aromatic nitrogens is 1. The van der Waals surface area contributed by atoms with Crippen LogP contribution in [0.5, 0.6) is 0 Å². The van der Waals surface area contributed by atoms with Gasteiger partial charge < -0.3 is 0 Å².